The summed E-state index contributed by atoms with van der Waals surface area (Å²) in [5.41, 5.74) is -0.133. The number of carbonyl (C=O) groups excluding carboxylic acids is 4. The van der Waals surface area contributed by atoms with E-state index in [0.717, 1.165) is 45.1 Å². The summed E-state index contributed by atoms with van der Waals surface area (Å²) in [6.45, 7) is 23.6. The lowest BCUT2D eigenvalue weighted by atomic mass is 9.91. The van der Waals surface area contributed by atoms with Crippen molar-refractivity contribution in [3.63, 3.8) is 0 Å². The number of nitrogens with zero attached hydrogens (tertiary/aromatic N) is 2. The fourth-order valence-electron chi connectivity index (χ4n) is 4.84. The topological polar surface area (TPSA) is 131 Å². The summed E-state index contributed by atoms with van der Waals surface area (Å²) in [5.74, 6) is 0.537. The number of nitrogens with one attached hydrogen (secondary N) is 3. The van der Waals surface area contributed by atoms with Gasteiger partial charge in [-0.1, -0.05) is 74.7 Å². The van der Waals surface area contributed by atoms with Gasteiger partial charge in [0.25, 0.3) is 0 Å². The van der Waals surface area contributed by atoms with Gasteiger partial charge in [0.2, 0.25) is 23.6 Å². The smallest absolute Gasteiger partial charge is 0.245 e. The number of unbranched alkanes of at least 4 members (excludes halogenated alkanes) is 1. The van der Waals surface area contributed by atoms with Gasteiger partial charge in [0.15, 0.2) is 0 Å². The molecule has 0 aromatic rings. The molecule has 2 unspecified atom stereocenters. The number of likely N-dealkylation sites (N-methyl/N-ethyl adjacent to an activating group) is 1. The number of hydrogen-bond donors (Lipinski definition) is 3. The van der Waals surface area contributed by atoms with Crippen molar-refractivity contribution >= 4 is 23.6 Å². The molecule has 0 bridgehead atoms. The van der Waals surface area contributed by atoms with Gasteiger partial charge in [0, 0.05) is 38.5 Å². The van der Waals surface area contributed by atoms with Crippen LogP contribution in [0.1, 0.15) is 120 Å². The molecule has 0 aromatic carbocycles. The Bertz CT molecular complexity index is 763. The van der Waals surface area contributed by atoms with Gasteiger partial charge < -0.3 is 20.9 Å². The maximum atomic E-state index is 13.4. The van der Waals surface area contributed by atoms with Crippen LogP contribution in [0.5, 0.6) is 0 Å². The molecule has 9 heteroatoms. The highest BCUT2D eigenvalue weighted by Gasteiger charge is 2.41. The van der Waals surface area contributed by atoms with Gasteiger partial charge in [-0.15, -0.1) is 0 Å². The van der Waals surface area contributed by atoms with E-state index in [1.807, 2.05) is 48.5 Å². The van der Waals surface area contributed by atoms with Gasteiger partial charge in [0.1, 0.15) is 12.1 Å². The van der Waals surface area contributed by atoms with Crippen LogP contribution in [0.15, 0.2) is 0 Å². The summed E-state index contributed by atoms with van der Waals surface area (Å²) < 4.78 is 0. The molecule has 0 spiro atoms. The monoisotopic (exact) mass is 565 g/mol. The number of amides is 4. The number of piperidine rings is 1. The standard InChI is InChI=1S/C22H41N3O3.C6H11NO.C2H6.CHN/c1-7-10-12-17(24-19(26)14-22(4,5)6)21(28)25-15-16(11-8-2)13-18(25)20(27)23-9-3;1-5-3-2-4-7-6(5)8;2*1-2/h16-18H,7-15H2,1-6H3,(H,23,27)(H,24,26);5H,2-4H2,1H3,(H,7,8);1-2H3;1H/t16-,17+,18?;;;/m1.../s1. The van der Waals surface area contributed by atoms with Gasteiger partial charge in [-0.3, -0.25) is 19.2 Å². The number of carbonyl (C=O) groups is 4. The number of rotatable bonds is 10. The Kier molecular flexibility index (Phi) is 21.8. The number of nitriles is 1. The van der Waals surface area contributed by atoms with Crippen LogP contribution in [-0.2, 0) is 19.2 Å². The van der Waals surface area contributed by atoms with Crippen molar-refractivity contribution in [3.05, 3.63) is 0 Å². The maximum Gasteiger partial charge on any atom is 0.245 e. The summed E-state index contributed by atoms with van der Waals surface area (Å²) in [5, 5.41) is 15.1. The zero-order chi connectivity index (χ0) is 31.3. The Balaban J connectivity index is 0. The Labute approximate surface area is 244 Å². The SMILES string of the molecule is C#N.CC.CC1CCCNC1=O.CCCC[C@H](NC(=O)CC(C)(C)C)C(=O)N1C[C@H](CCC)CC1C(=O)NCC. The number of hydrogen-bond acceptors (Lipinski definition) is 5. The summed E-state index contributed by atoms with van der Waals surface area (Å²) in [7, 11) is 0. The molecule has 2 aliphatic rings. The fourth-order valence-corrected chi connectivity index (χ4v) is 4.84. The zero-order valence-electron chi connectivity index (χ0n) is 26.9. The largest absolute Gasteiger partial charge is 0.356 e. The predicted molar refractivity (Wildman–Crippen MR) is 162 cm³/mol. The first-order chi connectivity index (χ1) is 18.9. The first-order valence-corrected chi connectivity index (χ1v) is 15.3. The van der Waals surface area contributed by atoms with Gasteiger partial charge >= 0.3 is 0 Å². The number of likely N-dealkylation sites (tertiary alicyclic amines) is 1. The van der Waals surface area contributed by atoms with Crippen molar-refractivity contribution in [2.24, 2.45) is 17.3 Å². The van der Waals surface area contributed by atoms with Gasteiger partial charge in [0.05, 0.1) is 0 Å². The Morgan fingerprint density at radius 1 is 1.12 bits per heavy atom. The molecule has 0 aromatic heterocycles. The Morgan fingerprint density at radius 3 is 2.20 bits per heavy atom. The molecule has 3 N–H and O–H groups in total. The van der Waals surface area contributed by atoms with Crippen molar-refractivity contribution in [2.75, 3.05) is 19.6 Å². The highest BCUT2D eigenvalue weighted by molar-refractivity contribution is 5.92. The normalized spacial score (nSPS) is 20.6. The molecular formula is C31H59N5O4. The minimum absolute atomic E-state index is 0.0790. The highest BCUT2D eigenvalue weighted by Crippen LogP contribution is 2.28. The van der Waals surface area contributed by atoms with Crippen LogP contribution < -0.4 is 16.0 Å². The quantitative estimate of drug-likeness (QED) is 0.345. The van der Waals surface area contributed by atoms with E-state index in [9.17, 15) is 19.2 Å². The summed E-state index contributed by atoms with van der Waals surface area (Å²) in [6, 6.07) is -0.972. The molecule has 0 aliphatic carbocycles. The van der Waals surface area contributed by atoms with Crippen molar-refractivity contribution in [1.82, 2.24) is 20.9 Å². The molecule has 2 heterocycles. The molecule has 40 heavy (non-hydrogen) atoms. The first-order valence-electron chi connectivity index (χ1n) is 15.3. The molecule has 9 nitrogen and oxygen atoms in total. The van der Waals surface area contributed by atoms with Crippen molar-refractivity contribution in [2.45, 2.75) is 132 Å². The van der Waals surface area contributed by atoms with Crippen LogP contribution in [0.4, 0.5) is 0 Å². The Morgan fingerprint density at radius 2 is 1.75 bits per heavy atom. The third-order valence-electron chi connectivity index (χ3n) is 6.75. The van der Waals surface area contributed by atoms with Gasteiger partial charge in [-0.25, -0.2) is 5.26 Å². The summed E-state index contributed by atoms with van der Waals surface area (Å²) >= 11 is 0. The van der Waals surface area contributed by atoms with E-state index in [-0.39, 0.29) is 35.0 Å². The van der Waals surface area contributed by atoms with Crippen LogP contribution in [0, 0.1) is 29.1 Å². The van der Waals surface area contributed by atoms with Crippen LogP contribution in [0.2, 0.25) is 0 Å². The van der Waals surface area contributed by atoms with E-state index >= 15 is 0 Å². The molecule has 2 rings (SSSR count). The second kappa shape index (κ2) is 22.1. The second-order valence-electron chi connectivity index (χ2n) is 11.6. The van der Waals surface area contributed by atoms with Crippen LogP contribution in [0.3, 0.4) is 0 Å². The van der Waals surface area contributed by atoms with E-state index in [4.69, 9.17) is 5.26 Å². The molecule has 2 fully saturated rings. The third kappa shape index (κ3) is 15.8. The van der Waals surface area contributed by atoms with Crippen LogP contribution >= 0.6 is 0 Å². The minimum Gasteiger partial charge on any atom is -0.356 e. The molecule has 2 aliphatic heterocycles. The average molecular weight is 566 g/mol. The van der Waals surface area contributed by atoms with Gasteiger partial charge in [-0.05, 0) is 50.4 Å². The Hall–Kier alpha value is -2.63. The first kappa shape index (κ1) is 39.5. The summed E-state index contributed by atoms with van der Waals surface area (Å²) in [6.07, 6.45) is 7.78. The molecular weight excluding hydrogens is 506 g/mol. The van der Waals surface area contributed by atoms with Crippen molar-refractivity contribution in [1.29, 1.82) is 5.26 Å². The van der Waals surface area contributed by atoms with Crippen molar-refractivity contribution < 1.29 is 19.2 Å². The highest BCUT2D eigenvalue weighted by atomic mass is 16.2. The molecule has 232 valence electrons. The van der Waals surface area contributed by atoms with E-state index in [2.05, 4.69) is 36.4 Å². The van der Waals surface area contributed by atoms with E-state index in [1.165, 1.54) is 0 Å². The van der Waals surface area contributed by atoms with Gasteiger partial charge in [-0.2, -0.15) is 0 Å². The lowest BCUT2D eigenvalue weighted by molar-refractivity contribution is -0.141. The molecule has 4 atom stereocenters. The van der Waals surface area contributed by atoms with E-state index in [1.54, 1.807) is 4.90 Å². The van der Waals surface area contributed by atoms with E-state index < -0.39 is 12.1 Å². The lowest BCUT2D eigenvalue weighted by Crippen LogP contribution is -2.53. The molecule has 4 amide bonds. The van der Waals surface area contributed by atoms with Crippen LogP contribution in [-0.4, -0.2) is 60.2 Å². The fraction of sp³-hybridized carbons (Fsp3) is 0.839. The molecule has 2 saturated heterocycles. The molecule has 0 saturated carbocycles. The zero-order valence-corrected chi connectivity index (χ0v) is 26.9. The maximum absolute atomic E-state index is 13.4. The lowest BCUT2D eigenvalue weighted by Gasteiger charge is -2.29. The summed E-state index contributed by atoms with van der Waals surface area (Å²) in [4.78, 5) is 50.8. The minimum atomic E-state index is -0.549. The second-order valence-corrected chi connectivity index (χ2v) is 11.6. The van der Waals surface area contributed by atoms with E-state index in [0.29, 0.717) is 38.3 Å². The van der Waals surface area contributed by atoms with Crippen LogP contribution in [0.25, 0.3) is 0 Å². The average Bonchev–Trinajstić information content (AvgIpc) is 3.34. The van der Waals surface area contributed by atoms with Crippen molar-refractivity contribution in [3.8, 4) is 6.57 Å². The predicted octanol–water partition coefficient (Wildman–Crippen LogP) is 4.95. The third-order valence-corrected chi connectivity index (χ3v) is 6.75. The molecule has 0 radical (unpaired) electrons.